The lowest BCUT2D eigenvalue weighted by molar-refractivity contribution is -0.122. The second-order valence-corrected chi connectivity index (χ2v) is 4.37. The third-order valence-electron chi connectivity index (χ3n) is 2.41. The highest BCUT2D eigenvalue weighted by Gasteiger charge is 2.15. The van der Waals surface area contributed by atoms with Crippen molar-refractivity contribution in [2.75, 3.05) is 17.8 Å². The fourth-order valence-electron chi connectivity index (χ4n) is 1.63. The van der Waals surface area contributed by atoms with Crippen LogP contribution in [0.4, 0.5) is 5.69 Å². The van der Waals surface area contributed by atoms with Crippen molar-refractivity contribution in [1.82, 2.24) is 5.43 Å². The number of nitrogens with one attached hydrogen (secondary N) is 1. The van der Waals surface area contributed by atoms with E-state index in [1.807, 2.05) is 23.4 Å². The Kier molecular flexibility index (Phi) is 3.16. The molecule has 0 saturated carbocycles. The zero-order valence-electron chi connectivity index (χ0n) is 8.69. The highest BCUT2D eigenvalue weighted by Crippen LogP contribution is 2.22. The Morgan fingerprint density at radius 3 is 3.07 bits per heavy atom. The number of anilines is 1. The number of hydrazine groups is 1. The highest BCUT2D eigenvalue weighted by molar-refractivity contribution is 7.98. The van der Waals surface area contributed by atoms with E-state index in [0.29, 0.717) is 6.42 Å². The zero-order chi connectivity index (χ0) is 10.7. The maximum absolute atomic E-state index is 11.2. The molecule has 0 unspecified atom stereocenters. The molecule has 1 aromatic rings. The molecular formula is C11H14N2OS. The Morgan fingerprint density at radius 1 is 1.47 bits per heavy atom. The van der Waals surface area contributed by atoms with Crippen LogP contribution in [0.1, 0.15) is 12.8 Å². The summed E-state index contributed by atoms with van der Waals surface area (Å²) in [5, 5.41) is 1.92. The Labute approximate surface area is 93.8 Å². The quantitative estimate of drug-likeness (QED) is 0.777. The number of carbonyl (C=O) groups is 1. The molecule has 0 spiro atoms. The highest BCUT2D eigenvalue weighted by atomic mass is 32.2. The van der Waals surface area contributed by atoms with Crippen LogP contribution in [0.25, 0.3) is 0 Å². The molecule has 1 fully saturated rings. The van der Waals surface area contributed by atoms with Gasteiger partial charge in [-0.15, -0.1) is 11.8 Å². The van der Waals surface area contributed by atoms with Crippen LogP contribution in [0.3, 0.4) is 0 Å². The van der Waals surface area contributed by atoms with Gasteiger partial charge < -0.3 is 0 Å². The van der Waals surface area contributed by atoms with Crippen LogP contribution in [0, 0.1) is 0 Å². The Balaban J connectivity index is 2.17. The standard InChI is InChI=1S/C11H14N2OS/c1-15-10-5-2-4-9(8-10)13-7-3-6-11(14)12-13/h2,4-5,8H,3,6-7H2,1H3,(H,12,14). The first-order valence-corrected chi connectivity index (χ1v) is 6.23. The smallest absolute Gasteiger partial charge is 0.238 e. The molecule has 1 aliphatic heterocycles. The predicted molar refractivity (Wildman–Crippen MR) is 62.9 cm³/mol. The van der Waals surface area contributed by atoms with Crippen LogP contribution < -0.4 is 10.4 Å². The largest absolute Gasteiger partial charge is 0.286 e. The monoisotopic (exact) mass is 222 g/mol. The summed E-state index contributed by atoms with van der Waals surface area (Å²) in [5.74, 6) is 0.107. The number of thioether (sulfide) groups is 1. The first-order valence-electron chi connectivity index (χ1n) is 5.00. The summed E-state index contributed by atoms with van der Waals surface area (Å²) in [7, 11) is 0. The van der Waals surface area contributed by atoms with Gasteiger partial charge in [0.2, 0.25) is 5.91 Å². The van der Waals surface area contributed by atoms with Crippen LogP contribution in [-0.2, 0) is 4.79 Å². The molecule has 1 heterocycles. The van der Waals surface area contributed by atoms with Gasteiger partial charge in [0.05, 0.1) is 5.69 Å². The number of amides is 1. The second-order valence-electron chi connectivity index (χ2n) is 3.49. The number of nitrogens with zero attached hydrogens (tertiary/aromatic N) is 1. The molecule has 1 aromatic carbocycles. The van der Waals surface area contributed by atoms with E-state index in [-0.39, 0.29) is 5.91 Å². The molecular weight excluding hydrogens is 208 g/mol. The number of hydrogen-bond acceptors (Lipinski definition) is 3. The van der Waals surface area contributed by atoms with Crippen molar-refractivity contribution in [3.63, 3.8) is 0 Å². The van der Waals surface area contributed by atoms with Gasteiger partial charge in [-0.05, 0) is 30.9 Å². The lowest BCUT2D eigenvalue weighted by atomic mass is 10.2. The summed E-state index contributed by atoms with van der Waals surface area (Å²) in [5.41, 5.74) is 3.93. The Hall–Kier alpha value is -1.16. The molecule has 0 bridgehead atoms. The average molecular weight is 222 g/mol. The molecule has 15 heavy (non-hydrogen) atoms. The van der Waals surface area contributed by atoms with Crippen LogP contribution >= 0.6 is 11.8 Å². The number of hydrogen-bond donors (Lipinski definition) is 1. The normalized spacial score (nSPS) is 16.3. The van der Waals surface area contributed by atoms with Gasteiger partial charge >= 0.3 is 0 Å². The lowest BCUT2D eigenvalue weighted by Crippen LogP contribution is -2.46. The maximum atomic E-state index is 11.2. The second kappa shape index (κ2) is 4.57. The summed E-state index contributed by atoms with van der Waals surface area (Å²) < 4.78 is 0. The molecule has 1 N–H and O–H groups in total. The van der Waals surface area contributed by atoms with Gasteiger partial charge in [-0.25, -0.2) is 0 Å². The van der Waals surface area contributed by atoms with Crippen LogP contribution in [0.5, 0.6) is 0 Å². The Bertz CT molecular complexity index is 367. The van der Waals surface area contributed by atoms with Gasteiger partial charge in [-0.2, -0.15) is 0 Å². The van der Waals surface area contributed by atoms with Crippen molar-refractivity contribution in [1.29, 1.82) is 0 Å². The molecule has 80 valence electrons. The van der Waals surface area contributed by atoms with E-state index in [4.69, 9.17) is 0 Å². The maximum Gasteiger partial charge on any atom is 0.238 e. The van der Waals surface area contributed by atoms with E-state index in [1.165, 1.54) is 4.90 Å². The fourth-order valence-corrected chi connectivity index (χ4v) is 2.09. The van der Waals surface area contributed by atoms with Gasteiger partial charge in [-0.3, -0.25) is 15.2 Å². The molecule has 1 saturated heterocycles. The summed E-state index contributed by atoms with van der Waals surface area (Å²) in [6, 6.07) is 8.20. The average Bonchev–Trinajstić information content (AvgIpc) is 2.29. The third-order valence-corrected chi connectivity index (χ3v) is 3.14. The van der Waals surface area contributed by atoms with Gasteiger partial charge in [0.1, 0.15) is 0 Å². The van der Waals surface area contributed by atoms with Crippen molar-refractivity contribution in [3.05, 3.63) is 24.3 Å². The van der Waals surface area contributed by atoms with Gasteiger partial charge in [0, 0.05) is 17.9 Å². The SMILES string of the molecule is CSc1cccc(N2CCCC(=O)N2)c1. The summed E-state index contributed by atoms with van der Waals surface area (Å²) in [6.07, 6.45) is 3.61. The molecule has 0 aliphatic carbocycles. The number of rotatable bonds is 2. The van der Waals surface area contributed by atoms with Crippen LogP contribution in [0.15, 0.2) is 29.2 Å². The third kappa shape index (κ3) is 2.45. The van der Waals surface area contributed by atoms with Crippen molar-refractivity contribution in [3.8, 4) is 0 Å². The molecule has 3 nitrogen and oxygen atoms in total. The lowest BCUT2D eigenvalue weighted by Gasteiger charge is -2.29. The summed E-state index contributed by atoms with van der Waals surface area (Å²) in [4.78, 5) is 12.5. The molecule has 0 radical (unpaired) electrons. The summed E-state index contributed by atoms with van der Waals surface area (Å²) in [6.45, 7) is 0.892. The minimum absolute atomic E-state index is 0.107. The number of benzene rings is 1. The van der Waals surface area contributed by atoms with Crippen molar-refractivity contribution in [2.45, 2.75) is 17.7 Å². The van der Waals surface area contributed by atoms with Gasteiger partial charge in [0.25, 0.3) is 0 Å². The molecule has 0 aromatic heterocycles. The number of carbonyl (C=O) groups excluding carboxylic acids is 1. The molecule has 2 rings (SSSR count). The molecule has 4 heteroatoms. The van der Waals surface area contributed by atoms with Crippen LogP contribution in [-0.4, -0.2) is 18.7 Å². The Morgan fingerprint density at radius 2 is 2.33 bits per heavy atom. The predicted octanol–water partition coefficient (Wildman–Crippen LogP) is 2.04. The molecule has 1 amide bonds. The first kappa shape index (κ1) is 10.4. The minimum Gasteiger partial charge on any atom is -0.286 e. The van der Waals surface area contributed by atoms with E-state index in [2.05, 4.69) is 17.6 Å². The topological polar surface area (TPSA) is 32.3 Å². The zero-order valence-corrected chi connectivity index (χ0v) is 9.51. The van der Waals surface area contributed by atoms with E-state index < -0.39 is 0 Å². The molecule has 0 atom stereocenters. The van der Waals surface area contributed by atoms with Gasteiger partial charge in [-0.1, -0.05) is 6.07 Å². The van der Waals surface area contributed by atoms with Crippen molar-refractivity contribution >= 4 is 23.4 Å². The van der Waals surface area contributed by atoms with E-state index in [1.54, 1.807) is 11.8 Å². The summed E-state index contributed by atoms with van der Waals surface area (Å²) >= 11 is 1.71. The van der Waals surface area contributed by atoms with Gasteiger partial charge in [0.15, 0.2) is 0 Å². The van der Waals surface area contributed by atoms with E-state index in [9.17, 15) is 4.79 Å². The molecule has 1 aliphatic rings. The minimum atomic E-state index is 0.107. The van der Waals surface area contributed by atoms with Crippen LogP contribution in [0.2, 0.25) is 0 Å². The van der Waals surface area contributed by atoms with Crippen molar-refractivity contribution in [2.24, 2.45) is 0 Å². The fraction of sp³-hybridized carbons (Fsp3) is 0.364. The van der Waals surface area contributed by atoms with Crippen molar-refractivity contribution < 1.29 is 4.79 Å². The van der Waals surface area contributed by atoms with E-state index in [0.717, 1.165) is 18.7 Å². The van der Waals surface area contributed by atoms with E-state index >= 15 is 0 Å². The first-order chi connectivity index (χ1) is 7.29.